The molecule has 0 spiro atoms. The second kappa shape index (κ2) is 10.0. The number of hydrogen-bond donors (Lipinski definition) is 4. The van der Waals surface area contributed by atoms with Gasteiger partial charge in [0.2, 0.25) is 10.0 Å². The van der Waals surface area contributed by atoms with Crippen LogP contribution in [0.5, 0.6) is 5.75 Å². The zero-order valence-electron chi connectivity index (χ0n) is 17.3. The van der Waals surface area contributed by atoms with Crippen molar-refractivity contribution in [2.75, 3.05) is 21.6 Å². The van der Waals surface area contributed by atoms with Crippen LogP contribution in [0.4, 0.5) is 35.0 Å². The third-order valence-corrected chi connectivity index (χ3v) is 6.06. The van der Waals surface area contributed by atoms with E-state index < -0.39 is 27.8 Å². The monoisotopic (exact) mass is 531 g/mol. The van der Waals surface area contributed by atoms with Crippen molar-refractivity contribution in [1.29, 1.82) is 0 Å². The number of urea groups is 1. The van der Waals surface area contributed by atoms with E-state index in [4.69, 9.17) is 11.6 Å². The minimum absolute atomic E-state index is 0.108. The van der Waals surface area contributed by atoms with Crippen molar-refractivity contribution in [3.63, 3.8) is 0 Å². The summed E-state index contributed by atoms with van der Waals surface area (Å²) in [5.74, 6) is -0.319. The van der Waals surface area contributed by atoms with Crippen LogP contribution in [-0.2, 0) is 16.2 Å². The number of phenolic OH excluding ortho intramolecular Hbond substituents is 1. The number of rotatable bonds is 6. The number of benzene rings is 3. The van der Waals surface area contributed by atoms with Gasteiger partial charge in [-0.15, -0.1) is 0 Å². The number of nitrogens with one attached hydrogen (secondary N) is 3. The van der Waals surface area contributed by atoms with E-state index >= 15 is 0 Å². The zero-order chi connectivity index (χ0) is 25.1. The average molecular weight is 532 g/mol. The highest BCUT2D eigenvalue weighted by Crippen LogP contribution is 2.35. The Kier molecular flexibility index (Phi) is 7.54. The maximum Gasteiger partial charge on any atom is 0.416 e. The van der Waals surface area contributed by atoms with Gasteiger partial charge in [0.15, 0.2) is 0 Å². The normalized spacial score (nSPS) is 11.7. The van der Waals surface area contributed by atoms with Gasteiger partial charge in [-0.3, -0.25) is 4.72 Å². The number of sulfonamides is 1. The Morgan fingerprint density at radius 1 is 0.941 bits per heavy atom. The van der Waals surface area contributed by atoms with Crippen molar-refractivity contribution in [2.45, 2.75) is 16.0 Å². The number of halogens is 4. The van der Waals surface area contributed by atoms with Crippen LogP contribution in [0.15, 0.2) is 70.5 Å². The van der Waals surface area contributed by atoms with E-state index in [-0.39, 0.29) is 27.8 Å². The first-order valence-electron chi connectivity index (χ1n) is 9.34. The molecule has 2 amide bonds. The van der Waals surface area contributed by atoms with E-state index in [9.17, 15) is 31.5 Å². The first-order chi connectivity index (χ1) is 15.8. The van der Waals surface area contributed by atoms with Crippen LogP contribution >= 0.6 is 23.4 Å². The highest BCUT2D eigenvalue weighted by atomic mass is 35.5. The molecule has 0 atom stereocenters. The van der Waals surface area contributed by atoms with Gasteiger partial charge in [0.05, 0.1) is 28.2 Å². The molecule has 13 heteroatoms. The van der Waals surface area contributed by atoms with Crippen LogP contribution in [0.2, 0.25) is 5.02 Å². The molecule has 4 N–H and O–H groups in total. The predicted octanol–water partition coefficient (Wildman–Crippen LogP) is 6.23. The number of amides is 2. The van der Waals surface area contributed by atoms with E-state index in [1.165, 1.54) is 48.2 Å². The summed E-state index contributed by atoms with van der Waals surface area (Å²) >= 11 is 7.43. The number of hydrogen-bond acceptors (Lipinski definition) is 5. The largest absolute Gasteiger partial charge is 0.506 e. The first-order valence-corrected chi connectivity index (χ1v) is 12.4. The van der Waals surface area contributed by atoms with E-state index in [1.807, 2.05) is 0 Å². The molecule has 0 saturated heterocycles. The minimum Gasteiger partial charge on any atom is -0.506 e. The summed E-state index contributed by atoms with van der Waals surface area (Å²) in [6.45, 7) is 0. The van der Waals surface area contributed by atoms with E-state index in [2.05, 4.69) is 15.4 Å². The van der Waals surface area contributed by atoms with Crippen LogP contribution in [0, 0.1) is 0 Å². The molecular formula is C21H17ClF3N3O4S2. The minimum atomic E-state index is -4.41. The maximum atomic E-state index is 12.7. The van der Waals surface area contributed by atoms with Crippen LogP contribution < -0.4 is 15.4 Å². The van der Waals surface area contributed by atoms with Crippen molar-refractivity contribution < 1.29 is 31.5 Å². The van der Waals surface area contributed by atoms with E-state index in [0.29, 0.717) is 9.79 Å². The van der Waals surface area contributed by atoms with Gasteiger partial charge in [0, 0.05) is 15.5 Å². The molecule has 34 heavy (non-hydrogen) atoms. The second-order valence-electron chi connectivity index (χ2n) is 6.95. The van der Waals surface area contributed by atoms with Crippen LogP contribution in [0.1, 0.15) is 5.56 Å². The summed E-state index contributed by atoms with van der Waals surface area (Å²) < 4.78 is 62.9. The van der Waals surface area contributed by atoms with Gasteiger partial charge in [-0.25, -0.2) is 13.2 Å². The van der Waals surface area contributed by atoms with Crippen LogP contribution in [0.25, 0.3) is 0 Å². The van der Waals surface area contributed by atoms with Crippen molar-refractivity contribution >= 4 is 56.5 Å². The van der Waals surface area contributed by atoms with Crippen molar-refractivity contribution in [3.8, 4) is 5.75 Å². The Hall–Kier alpha value is -3.09. The SMILES string of the molecule is CS(=O)(=O)Nc1cc(NC(=O)Nc2ccc(Sc3ccc(C(F)(F)F)cc3)cc2Cl)ccc1O. The quantitative estimate of drug-likeness (QED) is 0.223. The molecule has 180 valence electrons. The maximum absolute atomic E-state index is 12.7. The molecule has 0 fully saturated rings. The smallest absolute Gasteiger partial charge is 0.416 e. The Balaban J connectivity index is 1.65. The third-order valence-electron chi connectivity index (χ3n) is 4.16. The first kappa shape index (κ1) is 25.5. The fourth-order valence-electron chi connectivity index (χ4n) is 2.69. The summed E-state index contributed by atoms with van der Waals surface area (Å²) in [6.07, 6.45) is -3.49. The Morgan fingerprint density at radius 3 is 2.18 bits per heavy atom. The molecule has 0 aliphatic carbocycles. The van der Waals surface area contributed by atoms with E-state index in [1.54, 1.807) is 12.1 Å². The fourth-order valence-corrected chi connectivity index (χ4v) is 4.40. The molecule has 3 aromatic carbocycles. The second-order valence-corrected chi connectivity index (χ2v) is 10.3. The molecular weight excluding hydrogens is 515 g/mol. The van der Waals surface area contributed by atoms with Crippen LogP contribution in [-0.4, -0.2) is 25.8 Å². The van der Waals surface area contributed by atoms with Crippen LogP contribution in [0.3, 0.4) is 0 Å². The lowest BCUT2D eigenvalue weighted by molar-refractivity contribution is -0.137. The highest BCUT2D eigenvalue weighted by Gasteiger charge is 2.29. The number of anilines is 3. The molecule has 7 nitrogen and oxygen atoms in total. The highest BCUT2D eigenvalue weighted by molar-refractivity contribution is 7.99. The van der Waals surface area contributed by atoms with Gasteiger partial charge in [-0.05, 0) is 60.7 Å². The number of aromatic hydroxyl groups is 1. The summed E-state index contributed by atoms with van der Waals surface area (Å²) in [7, 11) is -3.64. The number of alkyl halides is 3. The lowest BCUT2D eigenvalue weighted by Crippen LogP contribution is -2.19. The van der Waals surface area contributed by atoms with Gasteiger partial charge in [0.1, 0.15) is 5.75 Å². The number of phenols is 1. The summed E-state index contributed by atoms with van der Waals surface area (Å²) in [5, 5.41) is 15.0. The Labute approximate surface area is 202 Å². The van der Waals surface area contributed by atoms with Gasteiger partial charge in [-0.2, -0.15) is 13.2 Å². The topological polar surface area (TPSA) is 108 Å². The molecule has 3 rings (SSSR count). The zero-order valence-corrected chi connectivity index (χ0v) is 19.7. The lowest BCUT2D eigenvalue weighted by Gasteiger charge is -2.12. The average Bonchev–Trinajstić information content (AvgIpc) is 2.71. The van der Waals surface area contributed by atoms with Crippen molar-refractivity contribution in [3.05, 3.63) is 71.2 Å². The Morgan fingerprint density at radius 2 is 1.59 bits per heavy atom. The fraction of sp³-hybridized carbons (Fsp3) is 0.0952. The lowest BCUT2D eigenvalue weighted by atomic mass is 10.2. The molecule has 0 radical (unpaired) electrons. The molecule has 0 saturated carbocycles. The molecule has 0 aliphatic heterocycles. The number of carbonyl (C=O) groups is 1. The summed E-state index contributed by atoms with van der Waals surface area (Å²) in [4.78, 5) is 13.5. The standard InChI is InChI=1S/C21H17ClF3N3O4S2/c1-34(31,32)28-18-10-13(4-9-19(18)29)26-20(30)27-17-8-7-15(11-16(17)22)33-14-5-2-12(3-6-14)21(23,24)25/h2-11,28-29H,1H3,(H2,26,27,30). The molecule has 0 aromatic heterocycles. The summed E-state index contributed by atoms with van der Waals surface area (Å²) in [5.41, 5.74) is -0.382. The van der Waals surface area contributed by atoms with Gasteiger partial charge in [-0.1, -0.05) is 23.4 Å². The molecule has 0 bridgehead atoms. The van der Waals surface area contributed by atoms with Gasteiger partial charge in [0.25, 0.3) is 0 Å². The van der Waals surface area contributed by atoms with Crippen molar-refractivity contribution in [2.24, 2.45) is 0 Å². The third kappa shape index (κ3) is 7.20. The van der Waals surface area contributed by atoms with E-state index in [0.717, 1.165) is 18.4 Å². The molecule has 3 aromatic rings. The van der Waals surface area contributed by atoms with Gasteiger partial charge >= 0.3 is 12.2 Å². The van der Waals surface area contributed by atoms with Crippen molar-refractivity contribution in [1.82, 2.24) is 0 Å². The molecule has 0 unspecified atom stereocenters. The predicted molar refractivity (Wildman–Crippen MR) is 126 cm³/mol. The summed E-state index contributed by atoms with van der Waals surface area (Å²) in [6, 6.07) is 12.5. The Bertz CT molecular complexity index is 1320. The molecule has 0 heterocycles. The molecule has 0 aliphatic rings. The number of carbonyl (C=O) groups excluding carboxylic acids is 1. The van der Waals surface area contributed by atoms with Gasteiger partial charge < -0.3 is 15.7 Å².